The van der Waals surface area contributed by atoms with Gasteiger partial charge in [0.1, 0.15) is 11.9 Å². The number of benzene rings is 1. The molecule has 6 nitrogen and oxygen atoms in total. The number of guanidine groups is 1. The summed E-state index contributed by atoms with van der Waals surface area (Å²) in [6.07, 6.45) is 2.24. The van der Waals surface area contributed by atoms with E-state index in [-0.39, 0.29) is 12.2 Å². The zero-order valence-corrected chi connectivity index (χ0v) is 16.3. The van der Waals surface area contributed by atoms with Crippen LogP contribution in [0.5, 0.6) is 5.75 Å². The Morgan fingerprint density at radius 3 is 2.92 bits per heavy atom. The van der Waals surface area contributed by atoms with Crippen LogP contribution in [-0.4, -0.2) is 57.6 Å². The van der Waals surface area contributed by atoms with Crippen LogP contribution in [0.4, 0.5) is 0 Å². The maximum absolute atomic E-state index is 5.98. The molecule has 1 aliphatic heterocycles. The first-order chi connectivity index (χ1) is 12.7. The van der Waals surface area contributed by atoms with Gasteiger partial charge in [-0.25, -0.2) is 4.99 Å². The van der Waals surface area contributed by atoms with Crippen molar-refractivity contribution in [2.75, 3.05) is 39.5 Å². The van der Waals surface area contributed by atoms with Crippen LogP contribution in [0.1, 0.15) is 32.3 Å². The van der Waals surface area contributed by atoms with Gasteiger partial charge >= 0.3 is 0 Å². The Hall–Kier alpha value is -1.79. The molecule has 2 N–H and O–H groups in total. The standard InChI is InChI=1S/C20H33N3O3/c1-4-21-20(22-11-7-12-25-18-10-13-24-15-18)23-14-17(3)26-19-9-6-5-8-16(19)2/h5-6,8-9,17-18H,4,7,10-15H2,1-3H3,(H2,21,22,23). The van der Waals surface area contributed by atoms with E-state index in [1.807, 2.05) is 25.1 Å². The van der Waals surface area contributed by atoms with Gasteiger partial charge in [0.15, 0.2) is 5.96 Å². The van der Waals surface area contributed by atoms with Crippen LogP contribution in [0.15, 0.2) is 29.3 Å². The van der Waals surface area contributed by atoms with Crippen LogP contribution in [0, 0.1) is 6.92 Å². The van der Waals surface area contributed by atoms with Gasteiger partial charge in [-0.15, -0.1) is 0 Å². The van der Waals surface area contributed by atoms with Gasteiger partial charge < -0.3 is 24.8 Å². The third kappa shape index (κ3) is 7.62. The Bertz CT molecular complexity index is 545. The molecule has 0 spiro atoms. The SMILES string of the molecule is CCNC(=NCC(C)Oc1ccccc1C)NCCCOC1CCOC1. The van der Waals surface area contributed by atoms with Gasteiger partial charge in [0, 0.05) is 26.3 Å². The monoisotopic (exact) mass is 363 g/mol. The van der Waals surface area contributed by atoms with Crippen LogP contribution in [0.3, 0.4) is 0 Å². The Kier molecular flexibility index (Phi) is 9.28. The molecule has 0 amide bonds. The maximum Gasteiger partial charge on any atom is 0.191 e. The molecule has 146 valence electrons. The predicted octanol–water partition coefficient (Wildman–Crippen LogP) is 2.51. The summed E-state index contributed by atoms with van der Waals surface area (Å²) in [4.78, 5) is 4.62. The zero-order chi connectivity index (χ0) is 18.6. The van der Waals surface area contributed by atoms with E-state index in [2.05, 4.69) is 35.5 Å². The van der Waals surface area contributed by atoms with Gasteiger partial charge in [-0.05, 0) is 45.2 Å². The fourth-order valence-corrected chi connectivity index (χ4v) is 2.68. The first-order valence-corrected chi connectivity index (χ1v) is 9.63. The Balaban J connectivity index is 1.68. The van der Waals surface area contributed by atoms with E-state index in [1.54, 1.807) is 0 Å². The molecule has 2 atom stereocenters. The first kappa shape index (κ1) is 20.5. The van der Waals surface area contributed by atoms with Crippen LogP contribution >= 0.6 is 0 Å². The summed E-state index contributed by atoms with van der Waals surface area (Å²) >= 11 is 0. The van der Waals surface area contributed by atoms with E-state index in [9.17, 15) is 0 Å². The van der Waals surface area contributed by atoms with Gasteiger partial charge in [-0.1, -0.05) is 18.2 Å². The smallest absolute Gasteiger partial charge is 0.191 e. The highest BCUT2D eigenvalue weighted by molar-refractivity contribution is 5.79. The predicted molar refractivity (Wildman–Crippen MR) is 105 cm³/mol. The molecule has 1 heterocycles. The van der Waals surface area contributed by atoms with Crippen molar-refractivity contribution in [2.24, 2.45) is 4.99 Å². The summed E-state index contributed by atoms with van der Waals surface area (Å²) in [7, 11) is 0. The van der Waals surface area contributed by atoms with E-state index >= 15 is 0 Å². The molecular weight excluding hydrogens is 330 g/mol. The minimum atomic E-state index is 0.0113. The number of hydrogen-bond acceptors (Lipinski definition) is 4. The average molecular weight is 364 g/mol. The van der Waals surface area contributed by atoms with E-state index < -0.39 is 0 Å². The van der Waals surface area contributed by atoms with Gasteiger partial charge in [-0.2, -0.15) is 0 Å². The highest BCUT2D eigenvalue weighted by Gasteiger charge is 2.15. The molecule has 1 aromatic rings. The molecule has 0 aliphatic carbocycles. The number of rotatable bonds is 10. The lowest BCUT2D eigenvalue weighted by atomic mass is 10.2. The molecule has 2 rings (SSSR count). The van der Waals surface area contributed by atoms with Crippen molar-refractivity contribution < 1.29 is 14.2 Å². The summed E-state index contributed by atoms with van der Waals surface area (Å²) in [5.41, 5.74) is 1.14. The number of nitrogens with zero attached hydrogens (tertiary/aromatic N) is 1. The van der Waals surface area contributed by atoms with Crippen LogP contribution < -0.4 is 15.4 Å². The lowest BCUT2D eigenvalue weighted by Crippen LogP contribution is -2.39. The highest BCUT2D eigenvalue weighted by atomic mass is 16.5. The molecule has 1 aromatic carbocycles. The van der Waals surface area contributed by atoms with Crippen LogP contribution in [0.25, 0.3) is 0 Å². The summed E-state index contributed by atoms with van der Waals surface area (Å²) in [5.74, 6) is 1.73. The molecule has 26 heavy (non-hydrogen) atoms. The molecular formula is C20H33N3O3. The van der Waals surface area contributed by atoms with E-state index in [0.717, 1.165) is 63.0 Å². The van der Waals surface area contributed by atoms with Crippen molar-refractivity contribution in [3.8, 4) is 5.75 Å². The lowest BCUT2D eigenvalue weighted by Gasteiger charge is -2.16. The average Bonchev–Trinajstić information content (AvgIpc) is 3.15. The Morgan fingerprint density at radius 2 is 2.19 bits per heavy atom. The van der Waals surface area contributed by atoms with Gasteiger partial charge in [0.05, 0.1) is 19.3 Å². The fraction of sp³-hybridized carbons (Fsp3) is 0.650. The largest absolute Gasteiger partial charge is 0.489 e. The van der Waals surface area contributed by atoms with E-state index in [4.69, 9.17) is 14.2 Å². The van der Waals surface area contributed by atoms with Crippen LogP contribution in [0.2, 0.25) is 0 Å². The maximum atomic E-state index is 5.98. The van der Waals surface area contributed by atoms with Crippen LogP contribution in [-0.2, 0) is 9.47 Å². The summed E-state index contributed by atoms with van der Waals surface area (Å²) in [6.45, 7) is 10.7. The number of para-hydroxylation sites is 1. The summed E-state index contributed by atoms with van der Waals surface area (Å²) in [5, 5.41) is 6.62. The van der Waals surface area contributed by atoms with Crippen molar-refractivity contribution in [2.45, 2.75) is 45.8 Å². The van der Waals surface area contributed by atoms with Crippen molar-refractivity contribution in [1.29, 1.82) is 0 Å². The lowest BCUT2D eigenvalue weighted by molar-refractivity contribution is 0.0420. The number of aryl methyl sites for hydroxylation is 1. The van der Waals surface area contributed by atoms with Crippen molar-refractivity contribution in [1.82, 2.24) is 10.6 Å². The first-order valence-electron chi connectivity index (χ1n) is 9.63. The third-order valence-electron chi connectivity index (χ3n) is 4.13. The molecule has 1 aliphatic rings. The molecule has 0 aromatic heterocycles. The van der Waals surface area contributed by atoms with Gasteiger partial charge in [0.2, 0.25) is 0 Å². The summed E-state index contributed by atoms with van der Waals surface area (Å²) < 4.78 is 17.1. The topological polar surface area (TPSA) is 64.1 Å². The molecule has 0 bridgehead atoms. The quantitative estimate of drug-likeness (QED) is 0.380. The third-order valence-corrected chi connectivity index (χ3v) is 4.13. The second-order valence-electron chi connectivity index (χ2n) is 6.55. The van der Waals surface area contributed by atoms with Crippen molar-refractivity contribution in [3.63, 3.8) is 0 Å². The molecule has 1 saturated heterocycles. The zero-order valence-electron chi connectivity index (χ0n) is 16.3. The summed E-state index contributed by atoms with van der Waals surface area (Å²) in [6, 6.07) is 8.05. The number of nitrogens with one attached hydrogen (secondary N) is 2. The van der Waals surface area contributed by atoms with Crippen molar-refractivity contribution in [3.05, 3.63) is 29.8 Å². The highest BCUT2D eigenvalue weighted by Crippen LogP contribution is 2.17. The van der Waals surface area contributed by atoms with Gasteiger partial charge in [0.25, 0.3) is 0 Å². The molecule has 0 saturated carbocycles. The minimum absolute atomic E-state index is 0.0113. The van der Waals surface area contributed by atoms with E-state index in [1.165, 1.54) is 0 Å². The fourth-order valence-electron chi connectivity index (χ4n) is 2.68. The molecule has 0 radical (unpaired) electrons. The molecule has 2 unspecified atom stereocenters. The Labute approximate surface area is 157 Å². The normalized spacial score (nSPS) is 18.6. The molecule has 1 fully saturated rings. The Morgan fingerprint density at radius 1 is 1.35 bits per heavy atom. The number of aliphatic imine (C=N–C) groups is 1. The van der Waals surface area contributed by atoms with Gasteiger partial charge in [-0.3, -0.25) is 0 Å². The second kappa shape index (κ2) is 11.8. The second-order valence-corrected chi connectivity index (χ2v) is 6.55. The minimum Gasteiger partial charge on any atom is -0.489 e. The number of ether oxygens (including phenoxy) is 3. The number of hydrogen-bond donors (Lipinski definition) is 2. The molecule has 6 heteroatoms. The van der Waals surface area contributed by atoms with Crippen molar-refractivity contribution >= 4 is 5.96 Å². The van der Waals surface area contributed by atoms with E-state index in [0.29, 0.717) is 6.54 Å².